The van der Waals surface area contributed by atoms with Gasteiger partial charge in [0.15, 0.2) is 0 Å². The second kappa shape index (κ2) is 6.40. The summed E-state index contributed by atoms with van der Waals surface area (Å²) >= 11 is 0. The van der Waals surface area contributed by atoms with Crippen LogP contribution < -0.4 is 0 Å². The molecule has 0 heterocycles. The molecule has 0 saturated heterocycles. The molecule has 0 fully saturated rings. The van der Waals surface area contributed by atoms with E-state index in [1.165, 1.54) is 0 Å². The average molecular weight is 224 g/mol. The van der Waals surface area contributed by atoms with E-state index in [2.05, 4.69) is 0 Å². The van der Waals surface area contributed by atoms with Gasteiger partial charge in [0.1, 0.15) is 0 Å². The van der Waals surface area contributed by atoms with Crippen LogP contribution >= 0.6 is 0 Å². The van der Waals surface area contributed by atoms with Gasteiger partial charge in [0.25, 0.3) is 0 Å². The Bertz CT molecular complexity index is 293. The zero-order valence-electron chi connectivity index (χ0n) is 8.93. The number of hydrogen-bond donors (Lipinski definition) is 4. The molecule has 4 nitrogen and oxygen atoms in total. The van der Waals surface area contributed by atoms with Gasteiger partial charge in [-0.15, -0.1) is 0 Å². The minimum absolute atomic E-state index is 0.177. The Kier molecular flexibility index (Phi) is 5.14. The number of rotatable bonds is 4. The highest BCUT2D eigenvalue weighted by Gasteiger charge is 2.06. The van der Waals surface area contributed by atoms with E-state index in [0.29, 0.717) is 22.3 Å². The van der Waals surface area contributed by atoms with Crippen molar-refractivity contribution in [2.24, 2.45) is 0 Å². The van der Waals surface area contributed by atoms with Crippen LogP contribution in [0.1, 0.15) is 0 Å². The van der Waals surface area contributed by atoms with Crippen molar-refractivity contribution in [3.05, 3.63) is 46.6 Å². The molecule has 0 aromatic rings. The first kappa shape index (κ1) is 12.9. The SMILES string of the molecule is OCC1=C(CO)C=CC(CO)=C(CO)C=C1. The van der Waals surface area contributed by atoms with Crippen LogP contribution in [0.3, 0.4) is 0 Å². The third kappa shape index (κ3) is 2.90. The highest BCUT2D eigenvalue weighted by atomic mass is 16.3. The molecule has 1 rings (SSSR count). The van der Waals surface area contributed by atoms with Crippen LogP contribution in [-0.2, 0) is 0 Å². The largest absolute Gasteiger partial charge is 0.392 e. The van der Waals surface area contributed by atoms with E-state index in [1.807, 2.05) is 0 Å². The van der Waals surface area contributed by atoms with Gasteiger partial charge in [-0.2, -0.15) is 0 Å². The standard InChI is InChI=1S/C12H16O4/c13-5-9-1-2-10(6-14)12(8-16)4-3-11(9)7-15/h1-4,13-16H,5-8H2. The molecule has 0 aliphatic heterocycles. The van der Waals surface area contributed by atoms with E-state index < -0.39 is 0 Å². The second-order valence-electron chi connectivity index (χ2n) is 3.40. The third-order valence-corrected chi connectivity index (χ3v) is 2.48. The quantitative estimate of drug-likeness (QED) is 0.527. The average Bonchev–Trinajstić information content (AvgIpc) is 2.30. The molecule has 0 spiro atoms. The van der Waals surface area contributed by atoms with Crippen LogP contribution in [0.5, 0.6) is 0 Å². The fraction of sp³-hybridized carbons (Fsp3) is 0.333. The molecule has 1 aliphatic carbocycles. The summed E-state index contributed by atoms with van der Waals surface area (Å²) in [5.74, 6) is 0. The molecule has 0 aromatic carbocycles. The maximum Gasteiger partial charge on any atom is 0.0685 e. The Balaban J connectivity index is 3.13. The molecular weight excluding hydrogens is 208 g/mol. The summed E-state index contributed by atoms with van der Waals surface area (Å²) in [5, 5.41) is 36.4. The number of aliphatic hydroxyl groups is 4. The van der Waals surface area contributed by atoms with Crippen LogP contribution in [0, 0.1) is 0 Å². The van der Waals surface area contributed by atoms with Gasteiger partial charge >= 0.3 is 0 Å². The molecule has 16 heavy (non-hydrogen) atoms. The lowest BCUT2D eigenvalue weighted by molar-refractivity contribution is 0.314. The Morgan fingerprint density at radius 3 is 0.812 bits per heavy atom. The van der Waals surface area contributed by atoms with Crippen molar-refractivity contribution >= 4 is 0 Å². The predicted octanol–water partition coefficient (Wildman–Crippen LogP) is -0.325. The number of aliphatic hydroxyl groups excluding tert-OH is 4. The van der Waals surface area contributed by atoms with Gasteiger partial charge in [-0.3, -0.25) is 0 Å². The Labute approximate surface area is 94.2 Å². The fourth-order valence-corrected chi connectivity index (χ4v) is 1.45. The molecule has 1 aliphatic rings. The molecule has 0 radical (unpaired) electrons. The highest BCUT2D eigenvalue weighted by molar-refractivity contribution is 5.45. The molecule has 0 bridgehead atoms. The zero-order chi connectivity index (χ0) is 12.0. The Morgan fingerprint density at radius 2 is 0.688 bits per heavy atom. The van der Waals surface area contributed by atoms with Crippen molar-refractivity contribution in [3.63, 3.8) is 0 Å². The summed E-state index contributed by atoms with van der Waals surface area (Å²) in [6.07, 6.45) is 6.54. The summed E-state index contributed by atoms with van der Waals surface area (Å²) in [4.78, 5) is 0. The summed E-state index contributed by atoms with van der Waals surface area (Å²) in [5.41, 5.74) is 2.40. The summed E-state index contributed by atoms with van der Waals surface area (Å²) in [6, 6.07) is 0. The van der Waals surface area contributed by atoms with Crippen molar-refractivity contribution in [2.45, 2.75) is 0 Å². The molecule has 88 valence electrons. The van der Waals surface area contributed by atoms with E-state index in [1.54, 1.807) is 24.3 Å². The molecule has 0 amide bonds. The summed E-state index contributed by atoms with van der Waals surface area (Å²) in [7, 11) is 0. The van der Waals surface area contributed by atoms with E-state index in [9.17, 15) is 0 Å². The molecule has 0 atom stereocenters. The third-order valence-electron chi connectivity index (χ3n) is 2.48. The minimum atomic E-state index is -0.177. The monoisotopic (exact) mass is 224 g/mol. The molecule has 0 unspecified atom stereocenters. The first-order chi connectivity index (χ1) is 7.76. The highest BCUT2D eigenvalue weighted by Crippen LogP contribution is 2.16. The Hall–Kier alpha value is -1.20. The van der Waals surface area contributed by atoms with Crippen LogP contribution in [-0.4, -0.2) is 46.9 Å². The van der Waals surface area contributed by atoms with Crippen molar-refractivity contribution < 1.29 is 20.4 Å². The molecule has 0 aromatic heterocycles. The van der Waals surface area contributed by atoms with E-state index >= 15 is 0 Å². The minimum Gasteiger partial charge on any atom is -0.392 e. The van der Waals surface area contributed by atoms with Gasteiger partial charge in [0.05, 0.1) is 26.4 Å². The smallest absolute Gasteiger partial charge is 0.0685 e. The van der Waals surface area contributed by atoms with Gasteiger partial charge in [0.2, 0.25) is 0 Å². The van der Waals surface area contributed by atoms with E-state index in [4.69, 9.17) is 20.4 Å². The maximum atomic E-state index is 9.11. The summed E-state index contributed by atoms with van der Waals surface area (Å²) < 4.78 is 0. The van der Waals surface area contributed by atoms with Crippen LogP contribution in [0.4, 0.5) is 0 Å². The van der Waals surface area contributed by atoms with Gasteiger partial charge in [-0.1, -0.05) is 24.3 Å². The fourth-order valence-electron chi connectivity index (χ4n) is 1.45. The molecule has 4 N–H and O–H groups in total. The topological polar surface area (TPSA) is 80.9 Å². The van der Waals surface area contributed by atoms with E-state index in [-0.39, 0.29) is 26.4 Å². The maximum absolute atomic E-state index is 9.11. The first-order valence-electron chi connectivity index (χ1n) is 5.00. The van der Waals surface area contributed by atoms with Crippen molar-refractivity contribution in [2.75, 3.05) is 26.4 Å². The molecular formula is C12H16O4. The van der Waals surface area contributed by atoms with Crippen LogP contribution in [0.2, 0.25) is 0 Å². The lowest BCUT2D eigenvalue weighted by Gasteiger charge is -2.10. The van der Waals surface area contributed by atoms with Gasteiger partial charge in [0, 0.05) is 0 Å². The first-order valence-corrected chi connectivity index (χ1v) is 5.00. The van der Waals surface area contributed by atoms with Gasteiger partial charge in [-0.05, 0) is 22.3 Å². The van der Waals surface area contributed by atoms with Crippen molar-refractivity contribution in [1.29, 1.82) is 0 Å². The normalized spacial score (nSPS) is 16.8. The molecule has 4 heteroatoms. The number of hydrogen-bond acceptors (Lipinski definition) is 4. The molecule has 0 saturated carbocycles. The second-order valence-corrected chi connectivity index (χ2v) is 3.40. The Morgan fingerprint density at radius 1 is 0.500 bits per heavy atom. The lowest BCUT2D eigenvalue weighted by atomic mass is 10.00. The predicted molar refractivity (Wildman–Crippen MR) is 60.7 cm³/mol. The van der Waals surface area contributed by atoms with Crippen molar-refractivity contribution in [3.8, 4) is 0 Å². The summed E-state index contributed by atoms with van der Waals surface area (Å²) in [6.45, 7) is -0.707. The lowest BCUT2D eigenvalue weighted by Crippen LogP contribution is -2.03. The van der Waals surface area contributed by atoms with Gasteiger partial charge < -0.3 is 20.4 Å². The van der Waals surface area contributed by atoms with Gasteiger partial charge in [-0.25, -0.2) is 0 Å². The van der Waals surface area contributed by atoms with Crippen molar-refractivity contribution in [1.82, 2.24) is 0 Å². The van der Waals surface area contributed by atoms with Crippen LogP contribution in [0.15, 0.2) is 46.6 Å². The van der Waals surface area contributed by atoms with Crippen LogP contribution in [0.25, 0.3) is 0 Å². The van der Waals surface area contributed by atoms with E-state index in [0.717, 1.165) is 0 Å². The zero-order valence-corrected chi connectivity index (χ0v) is 8.93.